The molecule has 3 aromatic rings. The molecule has 11 heteroatoms. The number of hydrogen-bond donors (Lipinski definition) is 1. The number of halogens is 1. The first-order chi connectivity index (χ1) is 19.5. The number of ether oxygens (including phenoxy) is 2. The molecule has 0 radical (unpaired) electrons. The van der Waals surface area contributed by atoms with Crippen molar-refractivity contribution in [1.29, 1.82) is 0 Å². The van der Waals surface area contributed by atoms with Gasteiger partial charge < -0.3 is 19.7 Å². The summed E-state index contributed by atoms with van der Waals surface area (Å²) in [5, 5.41) is 3.06. The van der Waals surface area contributed by atoms with Crippen molar-refractivity contribution in [2.24, 2.45) is 0 Å². The molecule has 1 atom stereocenters. The van der Waals surface area contributed by atoms with E-state index in [1.807, 2.05) is 19.9 Å². The molecule has 0 saturated carbocycles. The first-order valence-corrected chi connectivity index (χ1v) is 15.0. The van der Waals surface area contributed by atoms with Crippen LogP contribution in [0, 0.1) is 0 Å². The van der Waals surface area contributed by atoms with E-state index in [1.54, 1.807) is 50.4 Å². The lowest BCUT2D eigenvalue weighted by Crippen LogP contribution is -2.53. The van der Waals surface area contributed by atoms with Crippen molar-refractivity contribution in [3.63, 3.8) is 0 Å². The number of nitrogens with one attached hydrogen (secondary N) is 1. The molecule has 0 aliphatic carbocycles. The number of sulfonamides is 1. The van der Waals surface area contributed by atoms with Gasteiger partial charge in [0.15, 0.2) is 0 Å². The molecule has 0 aliphatic rings. The number of hydrogen-bond acceptors (Lipinski definition) is 6. The van der Waals surface area contributed by atoms with Gasteiger partial charge in [-0.25, -0.2) is 8.42 Å². The summed E-state index contributed by atoms with van der Waals surface area (Å²) < 4.78 is 39.4. The highest BCUT2D eigenvalue weighted by atomic mass is 35.5. The number of carbonyl (C=O) groups is 2. The van der Waals surface area contributed by atoms with Crippen LogP contribution in [0.2, 0.25) is 5.02 Å². The molecule has 9 nitrogen and oxygen atoms in total. The summed E-state index contributed by atoms with van der Waals surface area (Å²) in [4.78, 5) is 28.8. The largest absolute Gasteiger partial charge is 0.497 e. The van der Waals surface area contributed by atoms with Gasteiger partial charge in [-0.15, -0.1) is 0 Å². The van der Waals surface area contributed by atoms with Crippen molar-refractivity contribution < 1.29 is 27.5 Å². The van der Waals surface area contributed by atoms with Crippen LogP contribution >= 0.6 is 11.6 Å². The third kappa shape index (κ3) is 7.92. The average Bonchev–Trinajstić information content (AvgIpc) is 2.95. The van der Waals surface area contributed by atoms with E-state index < -0.39 is 28.5 Å². The summed E-state index contributed by atoms with van der Waals surface area (Å²) >= 11 is 6.36. The number of amides is 2. The maximum Gasteiger partial charge on any atom is 0.264 e. The van der Waals surface area contributed by atoms with Gasteiger partial charge >= 0.3 is 0 Å². The van der Waals surface area contributed by atoms with Crippen LogP contribution in [0.15, 0.2) is 77.7 Å². The van der Waals surface area contributed by atoms with E-state index in [0.29, 0.717) is 17.9 Å². The average molecular weight is 602 g/mol. The van der Waals surface area contributed by atoms with Gasteiger partial charge in [0.05, 0.1) is 29.8 Å². The fourth-order valence-electron chi connectivity index (χ4n) is 4.33. The Morgan fingerprint density at radius 2 is 1.66 bits per heavy atom. The SMILES string of the molecule is CC[C@@H](C(=O)NC(C)C)N(Cc1cccc(OC)c1)C(=O)CN(c1ccc(OC)c(Cl)c1)S(=O)(=O)c1ccccc1. The van der Waals surface area contributed by atoms with Crippen molar-refractivity contribution in [1.82, 2.24) is 10.2 Å². The zero-order chi connectivity index (χ0) is 30.2. The highest BCUT2D eigenvalue weighted by molar-refractivity contribution is 7.92. The molecule has 0 aromatic heterocycles. The van der Waals surface area contributed by atoms with Crippen LogP contribution in [0.3, 0.4) is 0 Å². The predicted octanol–water partition coefficient (Wildman–Crippen LogP) is 4.88. The Bertz CT molecular complexity index is 1450. The van der Waals surface area contributed by atoms with E-state index in [9.17, 15) is 18.0 Å². The van der Waals surface area contributed by atoms with Crippen molar-refractivity contribution >= 4 is 39.1 Å². The molecule has 3 rings (SSSR count). The lowest BCUT2D eigenvalue weighted by molar-refractivity contribution is -0.140. The van der Waals surface area contributed by atoms with Crippen molar-refractivity contribution in [3.05, 3.63) is 83.4 Å². The molecule has 0 unspecified atom stereocenters. The van der Waals surface area contributed by atoms with Gasteiger partial charge in [0, 0.05) is 12.6 Å². The molecular formula is C30H36ClN3O6S. The Morgan fingerprint density at radius 3 is 2.24 bits per heavy atom. The minimum Gasteiger partial charge on any atom is -0.497 e. The Kier molecular flexibility index (Phi) is 11.0. The van der Waals surface area contributed by atoms with Crippen molar-refractivity contribution in [2.75, 3.05) is 25.1 Å². The van der Waals surface area contributed by atoms with Crippen LogP contribution in [-0.4, -0.2) is 58.0 Å². The van der Waals surface area contributed by atoms with Gasteiger partial charge in [-0.2, -0.15) is 0 Å². The molecule has 2 amide bonds. The molecule has 0 spiro atoms. The smallest absolute Gasteiger partial charge is 0.264 e. The molecule has 220 valence electrons. The third-order valence-electron chi connectivity index (χ3n) is 6.34. The standard InChI is InChI=1S/C30H36ClN3O6S/c1-6-27(30(36)32-21(2)3)33(19-22-11-10-12-24(17-22)39-4)29(35)20-34(23-15-16-28(40-5)26(31)18-23)41(37,38)25-13-8-7-9-14-25/h7-18,21,27H,6,19-20H2,1-5H3,(H,32,36)/t27-/m0/s1. The van der Waals surface area contributed by atoms with Gasteiger partial charge in [0.1, 0.15) is 24.1 Å². The number of methoxy groups -OCH3 is 2. The minimum absolute atomic E-state index is 0.00341. The normalized spacial score (nSPS) is 12.0. The lowest BCUT2D eigenvalue weighted by Gasteiger charge is -2.33. The lowest BCUT2D eigenvalue weighted by atomic mass is 10.1. The zero-order valence-electron chi connectivity index (χ0n) is 23.8. The molecule has 0 fully saturated rings. The van der Waals surface area contributed by atoms with E-state index in [0.717, 1.165) is 9.87 Å². The molecule has 0 heterocycles. The van der Waals surface area contributed by atoms with Crippen LogP contribution in [-0.2, 0) is 26.2 Å². The first-order valence-electron chi connectivity index (χ1n) is 13.2. The molecule has 0 bridgehead atoms. The molecule has 0 aliphatic heterocycles. The summed E-state index contributed by atoms with van der Waals surface area (Å²) in [5.41, 5.74) is 0.896. The number of anilines is 1. The second-order valence-corrected chi connectivity index (χ2v) is 11.9. The monoisotopic (exact) mass is 601 g/mol. The zero-order valence-corrected chi connectivity index (χ0v) is 25.4. The highest BCUT2D eigenvalue weighted by Crippen LogP contribution is 2.32. The molecular weight excluding hydrogens is 566 g/mol. The van der Waals surface area contributed by atoms with Crippen LogP contribution in [0.1, 0.15) is 32.8 Å². The van der Waals surface area contributed by atoms with Gasteiger partial charge in [0.2, 0.25) is 11.8 Å². The summed E-state index contributed by atoms with van der Waals surface area (Å²) in [6.07, 6.45) is 0.314. The summed E-state index contributed by atoms with van der Waals surface area (Å²) in [6, 6.07) is 18.5. The van der Waals surface area contributed by atoms with Crippen LogP contribution in [0.4, 0.5) is 5.69 Å². The molecule has 1 N–H and O–H groups in total. The van der Waals surface area contributed by atoms with E-state index in [2.05, 4.69) is 5.32 Å². The van der Waals surface area contributed by atoms with Gasteiger partial charge in [-0.05, 0) is 68.3 Å². The van der Waals surface area contributed by atoms with Crippen LogP contribution < -0.4 is 19.1 Å². The predicted molar refractivity (Wildman–Crippen MR) is 160 cm³/mol. The van der Waals surface area contributed by atoms with E-state index in [4.69, 9.17) is 21.1 Å². The second kappa shape index (κ2) is 14.2. The molecule has 3 aromatic carbocycles. The van der Waals surface area contributed by atoms with Crippen molar-refractivity contribution in [2.45, 2.75) is 50.7 Å². The number of rotatable bonds is 13. The van der Waals surface area contributed by atoms with Gasteiger partial charge in [-0.3, -0.25) is 13.9 Å². The van der Waals surface area contributed by atoms with Crippen molar-refractivity contribution in [3.8, 4) is 11.5 Å². The van der Waals surface area contributed by atoms with Crippen LogP contribution in [0.25, 0.3) is 0 Å². The second-order valence-electron chi connectivity index (χ2n) is 9.60. The fraction of sp³-hybridized carbons (Fsp3) is 0.333. The topological polar surface area (TPSA) is 105 Å². The van der Waals surface area contributed by atoms with Crippen LogP contribution in [0.5, 0.6) is 11.5 Å². The molecule has 0 saturated heterocycles. The summed E-state index contributed by atoms with van der Waals surface area (Å²) in [7, 11) is -1.22. The van der Waals surface area contributed by atoms with E-state index in [1.165, 1.54) is 42.3 Å². The molecule has 41 heavy (non-hydrogen) atoms. The third-order valence-corrected chi connectivity index (χ3v) is 8.42. The first kappa shape index (κ1) is 31.8. The summed E-state index contributed by atoms with van der Waals surface area (Å²) in [5.74, 6) is 0.0549. The quantitative estimate of drug-likeness (QED) is 0.299. The highest BCUT2D eigenvalue weighted by Gasteiger charge is 2.34. The van der Waals surface area contributed by atoms with Gasteiger partial charge in [0.25, 0.3) is 10.0 Å². The Morgan fingerprint density at radius 1 is 0.951 bits per heavy atom. The summed E-state index contributed by atoms with van der Waals surface area (Å²) in [6.45, 7) is 4.96. The Balaban J connectivity index is 2.09. The Labute approximate surface area is 247 Å². The fourth-order valence-corrected chi connectivity index (χ4v) is 6.01. The number of nitrogens with zero attached hydrogens (tertiary/aromatic N) is 2. The maximum absolute atomic E-state index is 14.1. The number of benzene rings is 3. The Hall–Kier alpha value is -3.76. The minimum atomic E-state index is -4.21. The van der Waals surface area contributed by atoms with Gasteiger partial charge in [-0.1, -0.05) is 48.9 Å². The van der Waals surface area contributed by atoms with E-state index in [-0.39, 0.29) is 34.1 Å². The van der Waals surface area contributed by atoms with E-state index >= 15 is 0 Å². The number of carbonyl (C=O) groups excluding carboxylic acids is 2. The maximum atomic E-state index is 14.1.